The first-order valence-corrected chi connectivity index (χ1v) is 10.5. The smallest absolute Gasteiger partial charge is 0.319 e. The number of piperidine rings is 2. The van der Waals surface area contributed by atoms with Crippen molar-refractivity contribution in [3.8, 4) is 0 Å². The zero-order valence-electron chi connectivity index (χ0n) is 16.9. The Morgan fingerprint density at radius 3 is 2.36 bits per heavy atom. The van der Waals surface area contributed by atoms with Gasteiger partial charge in [0.1, 0.15) is 0 Å². The number of rotatable bonds is 4. The van der Waals surface area contributed by atoms with Crippen LogP contribution in [-0.2, 0) is 6.54 Å². The van der Waals surface area contributed by atoms with Crippen molar-refractivity contribution in [3.05, 3.63) is 65.2 Å². The van der Waals surface area contributed by atoms with Crippen LogP contribution >= 0.6 is 0 Å². The molecule has 4 nitrogen and oxygen atoms in total. The van der Waals surface area contributed by atoms with Gasteiger partial charge in [-0.15, -0.1) is 0 Å². The molecule has 4 heteroatoms. The van der Waals surface area contributed by atoms with Gasteiger partial charge in [0.05, 0.1) is 0 Å². The molecule has 2 amide bonds. The number of aryl methyl sites for hydroxylation is 2. The highest BCUT2D eigenvalue weighted by molar-refractivity contribution is 5.90. The summed E-state index contributed by atoms with van der Waals surface area (Å²) >= 11 is 0. The van der Waals surface area contributed by atoms with Crippen molar-refractivity contribution in [2.24, 2.45) is 0 Å². The van der Waals surface area contributed by atoms with Crippen molar-refractivity contribution in [2.75, 3.05) is 5.32 Å². The topological polar surface area (TPSA) is 44.4 Å². The summed E-state index contributed by atoms with van der Waals surface area (Å²) in [6.07, 6.45) is 5.87. The van der Waals surface area contributed by atoms with E-state index in [1.54, 1.807) is 0 Å². The van der Waals surface area contributed by atoms with E-state index in [4.69, 9.17) is 0 Å². The first kappa shape index (κ1) is 19.0. The van der Waals surface area contributed by atoms with Gasteiger partial charge in [0.2, 0.25) is 0 Å². The van der Waals surface area contributed by atoms with Gasteiger partial charge in [-0.3, -0.25) is 4.90 Å². The lowest BCUT2D eigenvalue weighted by molar-refractivity contribution is 0.0200. The quantitative estimate of drug-likeness (QED) is 0.786. The molecule has 4 rings (SSSR count). The second-order valence-electron chi connectivity index (χ2n) is 8.48. The molecule has 2 aliphatic heterocycles. The molecule has 2 heterocycles. The van der Waals surface area contributed by atoms with E-state index >= 15 is 0 Å². The van der Waals surface area contributed by atoms with Crippen molar-refractivity contribution >= 4 is 11.7 Å². The second-order valence-corrected chi connectivity index (χ2v) is 8.48. The van der Waals surface area contributed by atoms with Crippen LogP contribution in [0.5, 0.6) is 0 Å². The Bertz CT molecular complexity index is 803. The van der Waals surface area contributed by atoms with Crippen LogP contribution in [0.4, 0.5) is 10.5 Å². The standard InChI is InChI=1S/C24H31N3O/c1-17-10-12-19(13-11-17)16-27-21-7-5-8-22(27)15-20(14-21)25-24(28)26-23-9-4-3-6-18(23)2/h3-4,6,9-13,20-22H,5,7-8,14-16H2,1-2H3,(H2,25,26,28)/t21-,22-/m0/s1. The Kier molecular flexibility index (Phi) is 5.67. The zero-order valence-corrected chi connectivity index (χ0v) is 16.9. The van der Waals surface area contributed by atoms with Crippen LogP contribution in [0.1, 0.15) is 48.8 Å². The maximum Gasteiger partial charge on any atom is 0.319 e. The molecule has 2 atom stereocenters. The molecular formula is C24H31N3O. The highest BCUT2D eigenvalue weighted by atomic mass is 16.2. The van der Waals surface area contributed by atoms with Gasteiger partial charge >= 0.3 is 6.03 Å². The van der Waals surface area contributed by atoms with Gasteiger partial charge < -0.3 is 10.6 Å². The number of urea groups is 1. The molecule has 148 valence electrons. The molecular weight excluding hydrogens is 346 g/mol. The SMILES string of the molecule is Cc1ccc(CN2[C@H]3CCC[C@H]2CC(NC(=O)Nc2ccccc2C)C3)cc1. The number of nitrogens with one attached hydrogen (secondary N) is 2. The number of hydrogen-bond acceptors (Lipinski definition) is 2. The number of fused-ring (bicyclic) bond motifs is 2. The predicted octanol–water partition coefficient (Wildman–Crippen LogP) is 5.01. The molecule has 2 aromatic carbocycles. The van der Waals surface area contributed by atoms with Gasteiger partial charge in [0, 0.05) is 30.4 Å². The molecule has 0 radical (unpaired) electrons. The number of carbonyl (C=O) groups is 1. The van der Waals surface area contributed by atoms with Crippen LogP contribution in [0.3, 0.4) is 0 Å². The average Bonchev–Trinajstić information content (AvgIpc) is 2.66. The van der Waals surface area contributed by atoms with Crippen molar-refractivity contribution in [1.82, 2.24) is 10.2 Å². The van der Waals surface area contributed by atoms with E-state index in [9.17, 15) is 4.79 Å². The average molecular weight is 378 g/mol. The number of benzene rings is 2. The molecule has 2 N–H and O–H groups in total. The second kappa shape index (κ2) is 8.36. The van der Waals surface area contributed by atoms with Crippen molar-refractivity contribution in [1.29, 1.82) is 0 Å². The Morgan fingerprint density at radius 2 is 1.68 bits per heavy atom. The first-order valence-electron chi connectivity index (χ1n) is 10.5. The lowest BCUT2D eigenvalue weighted by Gasteiger charge is -2.49. The number of carbonyl (C=O) groups excluding carboxylic acids is 1. The van der Waals surface area contributed by atoms with E-state index in [2.05, 4.69) is 46.7 Å². The fraction of sp³-hybridized carbons (Fsp3) is 0.458. The molecule has 2 bridgehead atoms. The van der Waals surface area contributed by atoms with Gasteiger partial charge in [-0.25, -0.2) is 4.79 Å². The van der Waals surface area contributed by atoms with Crippen LogP contribution in [0, 0.1) is 13.8 Å². The van der Waals surface area contributed by atoms with E-state index in [1.165, 1.54) is 30.4 Å². The van der Waals surface area contributed by atoms with Gasteiger partial charge in [0.15, 0.2) is 0 Å². The minimum Gasteiger partial charge on any atom is -0.335 e. The molecule has 0 aromatic heterocycles. The third-order valence-electron chi connectivity index (χ3n) is 6.34. The number of anilines is 1. The van der Waals surface area contributed by atoms with Crippen LogP contribution < -0.4 is 10.6 Å². The summed E-state index contributed by atoms with van der Waals surface area (Å²) < 4.78 is 0. The molecule has 0 aliphatic carbocycles. The lowest BCUT2D eigenvalue weighted by Crippen LogP contribution is -2.56. The molecule has 2 aromatic rings. The summed E-state index contributed by atoms with van der Waals surface area (Å²) in [6, 6.07) is 18.1. The molecule has 2 saturated heterocycles. The third kappa shape index (κ3) is 4.39. The Morgan fingerprint density at radius 1 is 1.00 bits per heavy atom. The fourth-order valence-electron chi connectivity index (χ4n) is 4.82. The third-order valence-corrected chi connectivity index (χ3v) is 6.34. The summed E-state index contributed by atoms with van der Waals surface area (Å²) in [5.74, 6) is 0. The van der Waals surface area contributed by atoms with E-state index < -0.39 is 0 Å². The molecule has 0 spiro atoms. The molecule has 28 heavy (non-hydrogen) atoms. The molecule has 2 fully saturated rings. The number of amides is 2. The van der Waals surface area contributed by atoms with E-state index in [-0.39, 0.29) is 12.1 Å². The molecule has 2 aliphatic rings. The zero-order chi connectivity index (χ0) is 19.5. The van der Waals surface area contributed by atoms with Crippen molar-refractivity contribution < 1.29 is 4.79 Å². The Hall–Kier alpha value is -2.33. The monoisotopic (exact) mass is 377 g/mol. The summed E-state index contributed by atoms with van der Waals surface area (Å²) in [5, 5.41) is 6.25. The Balaban J connectivity index is 1.37. The van der Waals surface area contributed by atoms with Gasteiger partial charge in [-0.05, 0) is 56.7 Å². The van der Waals surface area contributed by atoms with Gasteiger partial charge in [-0.2, -0.15) is 0 Å². The lowest BCUT2D eigenvalue weighted by atomic mass is 9.81. The highest BCUT2D eigenvalue weighted by Gasteiger charge is 2.38. The van der Waals surface area contributed by atoms with Crippen LogP contribution in [0.25, 0.3) is 0 Å². The maximum atomic E-state index is 12.5. The maximum absolute atomic E-state index is 12.5. The van der Waals surface area contributed by atoms with Gasteiger partial charge in [-0.1, -0.05) is 54.4 Å². The van der Waals surface area contributed by atoms with E-state index in [0.717, 1.165) is 30.6 Å². The van der Waals surface area contributed by atoms with Crippen LogP contribution in [0.15, 0.2) is 48.5 Å². The minimum atomic E-state index is -0.0793. The normalized spacial score (nSPS) is 24.6. The Labute approximate surface area is 168 Å². The first-order chi connectivity index (χ1) is 13.6. The summed E-state index contributed by atoms with van der Waals surface area (Å²) in [7, 11) is 0. The summed E-state index contributed by atoms with van der Waals surface area (Å²) in [5.41, 5.74) is 4.68. The summed E-state index contributed by atoms with van der Waals surface area (Å²) in [6.45, 7) is 5.18. The molecule has 0 saturated carbocycles. The van der Waals surface area contributed by atoms with Crippen LogP contribution in [0.2, 0.25) is 0 Å². The van der Waals surface area contributed by atoms with E-state index in [0.29, 0.717) is 12.1 Å². The molecule has 0 unspecified atom stereocenters. The largest absolute Gasteiger partial charge is 0.335 e. The van der Waals surface area contributed by atoms with E-state index in [1.807, 2.05) is 31.2 Å². The number of hydrogen-bond donors (Lipinski definition) is 2. The predicted molar refractivity (Wildman–Crippen MR) is 115 cm³/mol. The highest BCUT2D eigenvalue weighted by Crippen LogP contribution is 2.35. The summed E-state index contributed by atoms with van der Waals surface area (Å²) in [4.78, 5) is 15.2. The number of nitrogens with zero attached hydrogens (tertiary/aromatic N) is 1. The fourth-order valence-corrected chi connectivity index (χ4v) is 4.82. The number of para-hydroxylation sites is 1. The van der Waals surface area contributed by atoms with Gasteiger partial charge in [0.25, 0.3) is 0 Å². The van der Waals surface area contributed by atoms with Crippen molar-refractivity contribution in [2.45, 2.75) is 70.6 Å². The van der Waals surface area contributed by atoms with Crippen molar-refractivity contribution in [3.63, 3.8) is 0 Å². The minimum absolute atomic E-state index is 0.0793. The van der Waals surface area contributed by atoms with Crippen LogP contribution in [-0.4, -0.2) is 29.1 Å².